The van der Waals surface area contributed by atoms with Crippen LogP contribution in [0.5, 0.6) is 0 Å². The van der Waals surface area contributed by atoms with Crippen LogP contribution in [-0.2, 0) is 20.9 Å². The number of nitro groups is 1. The van der Waals surface area contributed by atoms with E-state index in [9.17, 15) is 19.7 Å². The Hall–Kier alpha value is -3.59. The molecule has 2 aliphatic rings. The monoisotopic (exact) mass is 394 g/mol. The average molecular weight is 394 g/mol. The number of carbonyl (C=O) groups is 2. The fraction of sp³-hybridized carbons (Fsp3) is 0.250. The first-order valence-corrected chi connectivity index (χ1v) is 9.13. The molecule has 9 heteroatoms. The normalized spacial score (nSPS) is 17.2. The second-order valence-corrected chi connectivity index (χ2v) is 6.68. The SMILES string of the molecule is O=C1C(c2ccc([N+](=O)[O-])cc2)=C(N2CCOCC2)C(=O)N1Cc1cccnc1. The number of hydrogen-bond acceptors (Lipinski definition) is 7. The van der Waals surface area contributed by atoms with E-state index in [1.165, 1.54) is 29.2 Å². The summed E-state index contributed by atoms with van der Waals surface area (Å²) in [4.78, 5) is 44.0. The molecule has 0 N–H and O–H groups in total. The molecule has 2 aliphatic heterocycles. The van der Waals surface area contributed by atoms with E-state index in [-0.39, 0.29) is 23.7 Å². The van der Waals surface area contributed by atoms with Crippen LogP contribution < -0.4 is 0 Å². The quantitative estimate of drug-likeness (QED) is 0.431. The third-order valence-corrected chi connectivity index (χ3v) is 4.90. The van der Waals surface area contributed by atoms with Crippen LogP contribution in [0.2, 0.25) is 0 Å². The van der Waals surface area contributed by atoms with Crippen molar-refractivity contribution in [1.29, 1.82) is 0 Å². The van der Waals surface area contributed by atoms with Gasteiger partial charge in [0.25, 0.3) is 17.5 Å². The topological polar surface area (TPSA) is 106 Å². The van der Waals surface area contributed by atoms with Crippen molar-refractivity contribution in [2.24, 2.45) is 0 Å². The molecule has 0 spiro atoms. The fourth-order valence-electron chi connectivity index (χ4n) is 3.47. The molecular formula is C20H18N4O5. The van der Waals surface area contributed by atoms with Gasteiger partial charge in [-0.25, -0.2) is 0 Å². The number of hydrogen-bond donors (Lipinski definition) is 0. The second-order valence-electron chi connectivity index (χ2n) is 6.68. The molecule has 0 saturated carbocycles. The van der Waals surface area contributed by atoms with Gasteiger partial charge in [-0.15, -0.1) is 0 Å². The van der Waals surface area contributed by atoms with E-state index in [2.05, 4.69) is 4.98 Å². The highest BCUT2D eigenvalue weighted by Gasteiger charge is 2.41. The summed E-state index contributed by atoms with van der Waals surface area (Å²) >= 11 is 0. The predicted molar refractivity (Wildman–Crippen MR) is 102 cm³/mol. The number of morpholine rings is 1. The molecule has 2 aromatic rings. The molecule has 1 saturated heterocycles. The van der Waals surface area contributed by atoms with E-state index >= 15 is 0 Å². The summed E-state index contributed by atoms with van der Waals surface area (Å²) < 4.78 is 5.37. The number of aromatic nitrogens is 1. The number of rotatable bonds is 5. The van der Waals surface area contributed by atoms with Gasteiger partial charge in [0.15, 0.2) is 0 Å². The minimum atomic E-state index is -0.503. The summed E-state index contributed by atoms with van der Waals surface area (Å²) in [5.41, 5.74) is 1.71. The molecule has 0 radical (unpaired) electrons. The summed E-state index contributed by atoms with van der Waals surface area (Å²) in [5.74, 6) is -0.802. The number of pyridine rings is 1. The van der Waals surface area contributed by atoms with Crippen LogP contribution in [-0.4, -0.2) is 57.8 Å². The van der Waals surface area contributed by atoms with E-state index in [4.69, 9.17) is 4.74 Å². The Bertz CT molecular complexity index is 982. The molecule has 0 bridgehead atoms. The molecule has 9 nitrogen and oxygen atoms in total. The van der Waals surface area contributed by atoms with Crippen molar-refractivity contribution >= 4 is 23.1 Å². The van der Waals surface area contributed by atoms with Crippen molar-refractivity contribution in [2.75, 3.05) is 26.3 Å². The molecule has 0 aliphatic carbocycles. The highest BCUT2D eigenvalue weighted by atomic mass is 16.6. The van der Waals surface area contributed by atoms with Gasteiger partial charge in [0.1, 0.15) is 5.70 Å². The Labute approximate surface area is 166 Å². The van der Waals surface area contributed by atoms with Crippen LogP contribution in [0.1, 0.15) is 11.1 Å². The smallest absolute Gasteiger partial charge is 0.278 e. The van der Waals surface area contributed by atoms with Gasteiger partial charge in [-0.3, -0.25) is 29.6 Å². The van der Waals surface area contributed by atoms with E-state index in [1.54, 1.807) is 24.5 Å². The molecule has 1 aromatic heterocycles. The number of non-ortho nitro benzene ring substituents is 1. The zero-order valence-corrected chi connectivity index (χ0v) is 15.5. The lowest BCUT2D eigenvalue weighted by Gasteiger charge is -2.29. The highest BCUT2D eigenvalue weighted by molar-refractivity contribution is 6.35. The number of benzene rings is 1. The molecule has 4 rings (SSSR count). The molecular weight excluding hydrogens is 376 g/mol. The summed E-state index contributed by atoms with van der Waals surface area (Å²) in [5, 5.41) is 11.0. The third-order valence-electron chi connectivity index (χ3n) is 4.90. The van der Waals surface area contributed by atoms with Crippen LogP contribution in [0.3, 0.4) is 0 Å². The van der Waals surface area contributed by atoms with E-state index in [0.717, 1.165) is 5.56 Å². The average Bonchev–Trinajstić information content (AvgIpc) is 3.00. The standard InChI is InChI=1S/C20H18N4O5/c25-19-17(15-3-5-16(6-4-15)24(27)28)18(22-8-10-29-11-9-22)20(26)23(19)13-14-2-1-7-21-12-14/h1-7,12H,8-11,13H2. The van der Waals surface area contributed by atoms with Gasteiger partial charge in [-0.1, -0.05) is 6.07 Å². The highest BCUT2D eigenvalue weighted by Crippen LogP contribution is 2.33. The van der Waals surface area contributed by atoms with Crippen LogP contribution in [0, 0.1) is 10.1 Å². The Kier molecular flexibility index (Phi) is 5.05. The fourth-order valence-corrected chi connectivity index (χ4v) is 3.47. The van der Waals surface area contributed by atoms with Crippen molar-refractivity contribution in [1.82, 2.24) is 14.8 Å². The Morgan fingerprint density at radius 2 is 1.79 bits per heavy atom. The van der Waals surface area contributed by atoms with Gasteiger partial charge in [-0.05, 0) is 29.3 Å². The predicted octanol–water partition coefficient (Wildman–Crippen LogP) is 1.60. The molecule has 0 atom stereocenters. The molecule has 1 fully saturated rings. The minimum Gasteiger partial charge on any atom is -0.378 e. The second kappa shape index (κ2) is 7.80. The molecule has 1 aromatic carbocycles. The zero-order valence-electron chi connectivity index (χ0n) is 15.5. The Morgan fingerprint density at radius 1 is 1.07 bits per heavy atom. The minimum absolute atomic E-state index is 0.0775. The largest absolute Gasteiger partial charge is 0.378 e. The van der Waals surface area contributed by atoms with Crippen molar-refractivity contribution in [3.05, 3.63) is 75.7 Å². The number of nitrogens with zero attached hydrogens (tertiary/aromatic N) is 4. The van der Waals surface area contributed by atoms with E-state index in [1.807, 2.05) is 4.90 Å². The van der Waals surface area contributed by atoms with Crippen LogP contribution in [0.25, 0.3) is 5.57 Å². The molecule has 148 valence electrons. The van der Waals surface area contributed by atoms with E-state index < -0.39 is 10.8 Å². The third kappa shape index (κ3) is 3.59. The lowest BCUT2D eigenvalue weighted by atomic mass is 10.0. The first-order valence-electron chi connectivity index (χ1n) is 9.13. The van der Waals surface area contributed by atoms with Crippen LogP contribution >= 0.6 is 0 Å². The first-order chi connectivity index (χ1) is 14.1. The molecule has 29 heavy (non-hydrogen) atoms. The lowest BCUT2D eigenvalue weighted by Crippen LogP contribution is -2.40. The van der Waals surface area contributed by atoms with Crippen molar-refractivity contribution in [2.45, 2.75) is 6.54 Å². The van der Waals surface area contributed by atoms with Gasteiger partial charge in [0.05, 0.1) is 30.3 Å². The maximum atomic E-state index is 13.2. The molecule has 3 heterocycles. The number of carbonyl (C=O) groups excluding carboxylic acids is 2. The number of amides is 2. The van der Waals surface area contributed by atoms with Gasteiger partial charge < -0.3 is 9.64 Å². The van der Waals surface area contributed by atoms with Gasteiger partial charge in [0.2, 0.25) is 0 Å². The number of ether oxygens (including phenoxy) is 1. The van der Waals surface area contributed by atoms with Crippen molar-refractivity contribution < 1.29 is 19.2 Å². The first kappa shape index (κ1) is 18.8. The van der Waals surface area contributed by atoms with Crippen molar-refractivity contribution in [3.8, 4) is 0 Å². The summed E-state index contributed by atoms with van der Waals surface area (Å²) in [6, 6.07) is 9.22. The maximum Gasteiger partial charge on any atom is 0.278 e. The zero-order chi connectivity index (χ0) is 20.4. The van der Waals surface area contributed by atoms with Crippen LogP contribution in [0.4, 0.5) is 5.69 Å². The van der Waals surface area contributed by atoms with Crippen molar-refractivity contribution in [3.63, 3.8) is 0 Å². The number of imide groups is 1. The Morgan fingerprint density at radius 3 is 2.41 bits per heavy atom. The van der Waals surface area contributed by atoms with Gasteiger partial charge in [0, 0.05) is 37.6 Å². The summed E-state index contributed by atoms with van der Waals surface area (Å²) in [6.07, 6.45) is 3.23. The molecule has 0 unspecified atom stereocenters. The summed E-state index contributed by atoms with van der Waals surface area (Å²) in [7, 11) is 0. The van der Waals surface area contributed by atoms with Gasteiger partial charge in [-0.2, -0.15) is 0 Å². The van der Waals surface area contributed by atoms with Crippen LogP contribution in [0.15, 0.2) is 54.5 Å². The maximum absolute atomic E-state index is 13.2. The van der Waals surface area contributed by atoms with Gasteiger partial charge >= 0.3 is 0 Å². The number of nitro benzene ring substituents is 1. The molecule has 2 amide bonds. The van der Waals surface area contributed by atoms with E-state index in [0.29, 0.717) is 37.6 Å². The Balaban J connectivity index is 1.73. The lowest BCUT2D eigenvalue weighted by molar-refractivity contribution is -0.384. The summed E-state index contributed by atoms with van der Waals surface area (Å²) in [6.45, 7) is 2.01.